The maximum Gasteiger partial charge on any atom is 0.404 e. The lowest BCUT2D eigenvalue weighted by Crippen LogP contribution is -2.31. The molecule has 0 bridgehead atoms. The van der Waals surface area contributed by atoms with Gasteiger partial charge in [-0.15, -0.1) is 0 Å². The Bertz CT molecular complexity index is 450. The molecule has 1 aromatic carbocycles. The van der Waals surface area contributed by atoms with Gasteiger partial charge >= 0.3 is 12.2 Å². The molecule has 0 saturated carbocycles. The predicted molar refractivity (Wildman–Crippen MR) is 66.7 cm³/mol. The quantitative estimate of drug-likeness (QED) is 0.791. The predicted octanol–water partition coefficient (Wildman–Crippen LogP) is 0.797. The van der Waals surface area contributed by atoms with Crippen molar-refractivity contribution >= 4 is 12.2 Å². The first-order valence-electron chi connectivity index (χ1n) is 5.53. The van der Waals surface area contributed by atoms with Gasteiger partial charge in [0.2, 0.25) is 0 Å². The van der Waals surface area contributed by atoms with Crippen LogP contribution in [-0.4, -0.2) is 32.0 Å². The van der Waals surface area contributed by atoms with Gasteiger partial charge in [0.25, 0.3) is 0 Å². The fourth-order valence-corrected chi connectivity index (χ4v) is 1.59. The zero-order valence-electron chi connectivity index (χ0n) is 10.5. The van der Waals surface area contributed by atoms with Crippen LogP contribution in [0.15, 0.2) is 24.3 Å². The van der Waals surface area contributed by atoms with E-state index in [1.54, 1.807) is 12.1 Å². The molecule has 7 heteroatoms. The molecule has 0 aliphatic heterocycles. The molecule has 0 aliphatic carbocycles. The van der Waals surface area contributed by atoms with Gasteiger partial charge in [-0.25, -0.2) is 9.59 Å². The molecule has 1 aromatic rings. The number of para-hydroxylation sites is 1. The van der Waals surface area contributed by atoms with Crippen molar-refractivity contribution < 1.29 is 23.8 Å². The van der Waals surface area contributed by atoms with Crippen molar-refractivity contribution in [3.05, 3.63) is 29.8 Å². The second kappa shape index (κ2) is 7.10. The van der Waals surface area contributed by atoms with Gasteiger partial charge < -0.3 is 25.7 Å². The summed E-state index contributed by atoms with van der Waals surface area (Å²) in [5.74, 6) is 0.639. The van der Waals surface area contributed by atoms with Crippen LogP contribution >= 0.6 is 0 Å². The first-order chi connectivity index (χ1) is 9.02. The van der Waals surface area contributed by atoms with E-state index < -0.39 is 18.3 Å². The van der Waals surface area contributed by atoms with Gasteiger partial charge in [0, 0.05) is 6.42 Å². The van der Waals surface area contributed by atoms with E-state index in [9.17, 15) is 9.59 Å². The summed E-state index contributed by atoms with van der Waals surface area (Å²) < 4.78 is 14.6. The third kappa shape index (κ3) is 5.15. The number of primary amides is 2. The Morgan fingerprint density at radius 1 is 1.21 bits per heavy atom. The van der Waals surface area contributed by atoms with E-state index in [2.05, 4.69) is 4.74 Å². The lowest BCUT2D eigenvalue weighted by Gasteiger charge is -2.17. The lowest BCUT2D eigenvalue weighted by atomic mass is 10.1. The van der Waals surface area contributed by atoms with E-state index in [0.29, 0.717) is 12.2 Å². The first-order valence-corrected chi connectivity index (χ1v) is 5.53. The van der Waals surface area contributed by atoms with Gasteiger partial charge in [-0.2, -0.15) is 0 Å². The Kier molecular flexibility index (Phi) is 5.46. The van der Waals surface area contributed by atoms with Gasteiger partial charge in [-0.05, 0) is 11.6 Å². The van der Waals surface area contributed by atoms with Crippen molar-refractivity contribution in [2.24, 2.45) is 11.5 Å². The van der Waals surface area contributed by atoms with Crippen molar-refractivity contribution in [1.29, 1.82) is 0 Å². The monoisotopic (exact) mass is 268 g/mol. The normalized spacial score (nSPS) is 11.4. The summed E-state index contributed by atoms with van der Waals surface area (Å²) >= 11 is 0. The number of nitrogens with two attached hydrogens (primary N) is 2. The number of hydrogen-bond acceptors (Lipinski definition) is 5. The van der Waals surface area contributed by atoms with Crippen LogP contribution < -0.4 is 16.2 Å². The van der Waals surface area contributed by atoms with Crippen LogP contribution in [0.4, 0.5) is 9.59 Å². The van der Waals surface area contributed by atoms with Gasteiger partial charge in [-0.1, -0.05) is 18.2 Å². The number of carbonyl (C=O) groups excluding carboxylic acids is 2. The summed E-state index contributed by atoms with van der Waals surface area (Å²) in [6.07, 6.45) is -2.33. The molecule has 2 amide bonds. The summed E-state index contributed by atoms with van der Waals surface area (Å²) in [5.41, 5.74) is 10.6. The molecule has 0 fully saturated rings. The minimum Gasteiger partial charge on any atom is -0.496 e. The average molecular weight is 268 g/mol. The van der Waals surface area contributed by atoms with Crippen LogP contribution in [0.1, 0.15) is 5.56 Å². The third-order valence-corrected chi connectivity index (χ3v) is 2.33. The second-order valence-corrected chi connectivity index (χ2v) is 3.70. The van der Waals surface area contributed by atoms with E-state index in [-0.39, 0.29) is 6.61 Å². The van der Waals surface area contributed by atoms with E-state index in [1.807, 2.05) is 12.1 Å². The fourth-order valence-electron chi connectivity index (χ4n) is 1.59. The summed E-state index contributed by atoms with van der Waals surface area (Å²) in [6.45, 7) is -0.170. The molecule has 0 heterocycles. The minimum absolute atomic E-state index is 0.170. The molecule has 0 radical (unpaired) electrons. The molecule has 1 atom stereocenters. The number of amides is 2. The number of carbonyl (C=O) groups is 2. The number of hydrogen-bond donors (Lipinski definition) is 2. The smallest absolute Gasteiger partial charge is 0.404 e. The van der Waals surface area contributed by atoms with Crippen molar-refractivity contribution in [3.63, 3.8) is 0 Å². The topological polar surface area (TPSA) is 114 Å². The lowest BCUT2D eigenvalue weighted by molar-refractivity contribution is 0.0517. The average Bonchev–Trinajstić information content (AvgIpc) is 2.36. The van der Waals surface area contributed by atoms with Crippen LogP contribution in [-0.2, 0) is 15.9 Å². The highest BCUT2D eigenvalue weighted by Gasteiger charge is 2.17. The zero-order chi connectivity index (χ0) is 14.3. The molecule has 0 saturated heterocycles. The summed E-state index contributed by atoms with van der Waals surface area (Å²) in [6, 6.07) is 7.20. The minimum atomic E-state index is -0.951. The standard InChI is InChI=1S/C12H16N2O5/c1-17-10-5-3-2-4-8(10)6-9(19-12(14)16)7-18-11(13)15/h2-5,9H,6-7H2,1H3,(H2,13,15)(H2,14,16). The number of benzene rings is 1. The van der Waals surface area contributed by atoms with Crippen LogP contribution in [0.3, 0.4) is 0 Å². The van der Waals surface area contributed by atoms with E-state index in [4.69, 9.17) is 20.9 Å². The highest BCUT2D eigenvalue weighted by molar-refractivity contribution is 5.65. The van der Waals surface area contributed by atoms with Gasteiger partial charge in [0.1, 0.15) is 18.5 Å². The number of methoxy groups -OCH3 is 1. The molecule has 0 aromatic heterocycles. The molecule has 104 valence electrons. The van der Waals surface area contributed by atoms with Crippen molar-refractivity contribution in [2.75, 3.05) is 13.7 Å². The molecule has 7 nitrogen and oxygen atoms in total. The van der Waals surface area contributed by atoms with Crippen LogP contribution in [0, 0.1) is 0 Å². The molecule has 0 spiro atoms. The Morgan fingerprint density at radius 3 is 2.47 bits per heavy atom. The Hall–Kier alpha value is -2.44. The first kappa shape index (κ1) is 14.6. The van der Waals surface area contributed by atoms with Crippen molar-refractivity contribution in [1.82, 2.24) is 0 Å². The molecule has 1 unspecified atom stereocenters. The SMILES string of the molecule is COc1ccccc1CC(COC(N)=O)OC(N)=O. The van der Waals surface area contributed by atoms with E-state index >= 15 is 0 Å². The number of ether oxygens (including phenoxy) is 3. The van der Waals surface area contributed by atoms with Crippen LogP contribution in [0.5, 0.6) is 5.75 Å². The maximum absolute atomic E-state index is 10.8. The molecular weight excluding hydrogens is 252 g/mol. The Balaban J connectivity index is 2.74. The van der Waals surface area contributed by atoms with E-state index in [1.165, 1.54) is 7.11 Å². The maximum atomic E-state index is 10.8. The largest absolute Gasteiger partial charge is 0.496 e. The van der Waals surface area contributed by atoms with Crippen molar-refractivity contribution in [3.8, 4) is 5.75 Å². The summed E-state index contributed by atoms with van der Waals surface area (Å²) in [4.78, 5) is 21.4. The third-order valence-electron chi connectivity index (χ3n) is 2.33. The van der Waals surface area contributed by atoms with E-state index in [0.717, 1.165) is 5.56 Å². The van der Waals surface area contributed by atoms with Gasteiger partial charge in [0.15, 0.2) is 0 Å². The van der Waals surface area contributed by atoms with Gasteiger partial charge in [0.05, 0.1) is 7.11 Å². The van der Waals surface area contributed by atoms with Gasteiger partial charge in [-0.3, -0.25) is 0 Å². The van der Waals surface area contributed by atoms with Crippen LogP contribution in [0.25, 0.3) is 0 Å². The molecule has 19 heavy (non-hydrogen) atoms. The molecule has 0 aliphatic rings. The highest BCUT2D eigenvalue weighted by Crippen LogP contribution is 2.20. The molecule has 4 N–H and O–H groups in total. The summed E-state index contributed by atoms with van der Waals surface area (Å²) in [5, 5.41) is 0. The Morgan fingerprint density at radius 2 is 1.89 bits per heavy atom. The second-order valence-electron chi connectivity index (χ2n) is 3.70. The molecular formula is C12H16N2O5. The fraction of sp³-hybridized carbons (Fsp3) is 0.333. The number of rotatable bonds is 6. The highest BCUT2D eigenvalue weighted by atomic mass is 16.6. The Labute approximate surface area is 110 Å². The van der Waals surface area contributed by atoms with Crippen molar-refractivity contribution in [2.45, 2.75) is 12.5 Å². The zero-order valence-corrected chi connectivity index (χ0v) is 10.5. The molecule has 1 rings (SSSR count). The summed E-state index contributed by atoms with van der Waals surface area (Å²) in [7, 11) is 1.53. The van der Waals surface area contributed by atoms with Crippen LogP contribution in [0.2, 0.25) is 0 Å².